The third kappa shape index (κ3) is 5.19. The van der Waals surface area contributed by atoms with Crippen LogP contribution in [0.2, 0.25) is 10.0 Å². The molecule has 30 heavy (non-hydrogen) atoms. The lowest BCUT2D eigenvalue weighted by Gasteiger charge is -2.13. The average molecular weight is 468 g/mol. The van der Waals surface area contributed by atoms with Gasteiger partial charge in [-0.1, -0.05) is 23.2 Å². The van der Waals surface area contributed by atoms with E-state index in [-0.39, 0.29) is 28.0 Å². The zero-order valence-corrected chi connectivity index (χ0v) is 19.1. The zero-order valence-electron chi connectivity index (χ0n) is 16.7. The molecule has 10 heteroatoms. The standard InChI is InChI=1S/C20H19Cl2N3O4S/c1-11-6-14(21)7-16(22)18(11)29-20-23-15(10-30(4,27)28)8-17(24-20)13-5-12(2)19(26)25(3)9-13/h5-9H,10H2,1-4H3. The van der Waals surface area contributed by atoms with Crippen molar-refractivity contribution in [3.63, 3.8) is 0 Å². The Morgan fingerprint density at radius 3 is 2.37 bits per heavy atom. The van der Waals surface area contributed by atoms with Gasteiger partial charge in [0.25, 0.3) is 5.56 Å². The van der Waals surface area contributed by atoms with E-state index >= 15 is 0 Å². The van der Waals surface area contributed by atoms with Gasteiger partial charge in [-0.05, 0) is 43.7 Å². The third-order valence-electron chi connectivity index (χ3n) is 4.21. The molecule has 0 N–H and O–H groups in total. The molecule has 158 valence electrons. The summed E-state index contributed by atoms with van der Waals surface area (Å²) < 4.78 is 30.9. The fraction of sp³-hybridized carbons (Fsp3) is 0.250. The van der Waals surface area contributed by atoms with E-state index in [1.165, 1.54) is 10.6 Å². The Morgan fingerprint density at radius 1 is 1.07 bits per heavy atom. The van der Waals surface area contributed by atoms with Crippen LogP contribution in [0.25, 0.3) is 11.3 Å². The second kappa shape index (κ2) is 8.37. The van der Waals surface area contributed by atoms with Crippen molar-refractivity contribution in [3.05, 3.63) is 67.7 Å². The molecule has 2 heterocycles. The van der Waals surface area contributed by atoms with Gasteiger partial charge in [0.1, 0.15) is 0 Å². The Morgan fingerprint density at radius 2 is 1.77 bits per heavy atom. The number of benzene rings is 1. The number of aromatic nitrogens is 3. The van der Waals surface area contributed by atoms with E-state index < -0.39 is 9.84 Å². The van der Waals surface area contributed by atoms with Gasteiger partial charge < -0.3 is 9.30 Å². The van der Waals surface area contributed by atoms with Crippen molar-refractivity contribution in [3.8, 4) is 23.0 Å². The Bertz CT molecular complexity index is 1250. The fourth-order valence-corrected chi connectivity index (χ4v) is 4.26. The first kappa shape index (κ1) is 22.3. The molecule has 0 spiro atoms. The number of pyridine rings is 1. The highest BCUT2D eigenvalue weighted by atomic mass is 35.5. The van der Waals surface area contributed by atoms with E-state index in [1.807, 2.05) is 0 Å². The van der Waals surface area contributed by atoms with E-state index in [0.29, 0.717) is 33.2 Å². The molecule has 0 unspecified atom stereocenters. The lowest BCUT2D eigenvalue weighted by Crippen LogP contribution is -2.18. The van der Waals surface area contributed by atoms with Crippen LogP contribution in [0, 0.1) is 13.8 Å². The van der Waals surface area contributed by atoms with Gasteiger partial charge in [-0.3, -0.25) is 4.79 Å². The lowest BCUT2D eigenvalue weighted by atomic mass is 10.1. The van der Waals surface area contributed by atoms with Crippen LogP contribution >= 0.6 is 23.2 Å². The van der Waals surface area contributed by atoms with E-state index in [9.17, 15) is 13.2 Å². The molecule has 0 saturated carbocycles. The zero-order chi connectivity index (χ0) is 22.2. The van der Waals surface area contributed by atoms with E-state index in [2.05, 4.69) is 9.97 Å². The van der Waals surface area contributed by atoms with Gasteiger partial charge in [0, 0.05) is 35.6 Å². The van der Waals surface area contributed by atoms with Crippen LogP contribution in [-0.2, 0) is 22.6 Å². The van der Waals surface area contributed by atoms with Crippen molar-refractivity contribution in [2.75, 3.05) is 6.26 Å². The van der Waals surface area contributed by atoms with Crippen molar-refractivity contribution in [1.29, 1.82) is 0 Å². The normalized spacial score (nSPS) is 11.5. The molecule has 0 saturated heterocycles. The van der Waals surface area contributed by atoms with Gasteiger partial charge in [-0.25, -0.2) is 8.42 Å². The molecule has 0 bridgehead atoms. The molecule has 0 atom stereocenters. The first-order valence-corrected chi connectivity index (χ1v) is 11.6. The quantitative estimate of drug-likeness (QED) is 0.560. The van der Waals surface area contributed by atoms with E-state index in [0.717, 1.165) is 6.26 Å². The van der Waals surface area contributed by atoms with Gasteiger partial charge in [0.2, 0.25) is 0 Å². The van der Waals surface area contributed by atoms with Crippen LogP contribution in [0.4, 0.5) is 0 Å². The maximum Gasteiger partial charge on any atom is 0.322 e. The maximum atomic E-state index is 12.0. The molecular formula is C20H19Cl2N3O4S. The summed E-state index contributed by atoms with van der Waals surface area (Å²) in [7, 11) is -1.72. The SMILES string of the molecule is Cc1cc(Cl)cc(Cl)c1Oc1nc(CS(C)(=O)=O)cc(-c2cc(C)c(=O)n(C)c2)n1. The minimum absolute atomic E-state index is 0.0648. The third-order valence-corrected chi connectivity index (χ3v) is 5.53. The van der Waals surface area contributed by atoms with Crippen molar-refractivity contribution < 1.29 is 13.2 Å². The van der Waals surface area contributed by atoms with Gasteiger partial charge in [0.15, 0.2) is 15.6 Å². The Labute approximate surface area is 184 Å². The predicted molar refractivity (Wildman–Crippen MR) is 117 cm³/mol. The van der Waals surface area contributed by atoms with Crippen molar-refractivity contribution >= 4 is 33.0 Å². The van der Waals surface area contributed by atoms with Gasteiger partial charge in [0.05, 0.1) is 22.2 Å². The number of ether oxygens (including phenoxy) is 1. The topological polar surface area (TPSA) is 91.1 Å². The Kier molecular flexibility index (Phi) is 6.21. The van der Waals surface area contributed by atoms with Gasteiger partial charge in [-0.2, -0.15) is 9.97 Å². The fourth-order valence-electron chi connectivity index (χ4n) is 2.94. The molecule has 1 aromatic carbocycles. The molecule has 2 aromatic heterocycles. The Balaban J connectivity index is 2.15. The molecular weight excluding hydrogens is 449 g/mol. The van der Waals surface area contributed by atoms with Crippen LogP contribution < -0.4 is 10.3 Å². The van der Waals surface area contributed by atoms with Crippen LogP contribution in [0.5, 0.6) is 11.8 Å². The molecule has 3 aromatic rings. The second-order valence-electron chi connectivity index (χ2n) is 7.06. The average Bonchev–Trinajstić information content (AvgIpc) is 2.60. The number of hydrogen-bond donors (Lipinski definition) is 0. The number of rotatable bonds is 5. The molecule has 3 rings (SSSR count). The highest BCUT2D eigenvalue weighted by molar-refractivity contribution is 7.89. The molecule has 0 aliphatic heterocycles. The predicted octanol–water partition coefficient (Wildman–Crippen LogP) is 4.10. The molecule has 0 amide bonds. The largest absolute Gasteiger partial charge is 0.422 e. The molecule has 0 radical (unpaired) electrons. The number of nitrogens with zero attached hydrogens (tertiary/aromatic N) is 3. The van der Waals surface area contributed by atoms with Crippen molar-refractivity contribution in [1.82, 2.24) is 14.5 Å². The summed E-state index contributed by atoms with van der Waals surface area (Å²) in [5, 5.41) is 0.731. The van der Waals surface area contributed by atoms with Crippen LogP contribution in [0.3, 0.4) is 0 Å². The van der Waals surface area contributed by atoms with Crippen molar-refractivity contribution in [2.45, 2.75) is 19.6 Å². The summed E-state index contributed by atoms with van der Waals surface area (Å²) in [5.41, 5.74) is 2.35. The maximum absolute atomic E-state index is 12.0. The minimum atomic E-state index is -3.36. The molecule has 0 aliphatic carbocycles. The highest BCUT2D eigenvalue weighted by Gasteiger charge is 2.16. The highest BCUT2D eigenvalue weighted by Crippen LogP contribution is 2.35. The lowest BCUT2D eigenvalue weighted by molar-refractivity contribution is 0.438. The first-order chi connectivity index (χ1) is 13.9. The summed E-state index contributed by atoms with van der Waals surface area (Å²) in [6.07, 6.45) is 2.73. The summed E-state index contributed by atoms with van der Waals surface area (Å²) >= 11 is 12.3. The van der Waals surface area contributed by atoms with Crippen molar-refractivity contribution in [2.24, 2.45) is 7.05 Å². The summed E-state index contributed by atoms with van der Waals surface area (Å²) in [6.45, 7) is 3.46. The summed E-state index contributed by atoms with van der Waals surface area (Å²) in [6, 6.07) is 6.39. The van der Waals surface area contributed by atoms with Crippen LogP contribution in [0.15, 0.2) is 35.3 Å². The van der Waals surface area contributed by atoms with Crippen LogP contribution in [0.1, 0.15) is 16.8 Å². The van der Waals surface area contributed by atoms with Gasteiger partial charge >= 0.3 is 6.01 Å². The number of halogens is 2. The number of sulfone groups is 1. The smallest absolute Gasteiger partial charge is 0.322 e. The molecule has 7 nitrogen and oxygen atoms in total. The molecule has 0 fully saturated rings. The second-order valence-corrected chi connectivity index (χ2v) is 10.0. The summed E-state index contributed by atoms with van der Waals surface area (Å²) in [4.78, 5) is 20.7. The van der Waals surface area contributed by atoms with E-state index in [1.54, 1.807) is 45.3 Å². The number of aryl methyl sites for hydroxylation is 3. The van der Waals surface area contributed by atoms with Gasteiger partial charge in [-0.15, -0.1) is 0 Å². The first-order valence-electron chi connectivity index (χ1n) is 8.80. The molecule has 0 aliphatic rings. The van der Waals surface area contributed by atoms with Crippen LogP contribution in [-0.4, -0.2) is 29.2 Å². The monoisotopic (exact) mass is 467 g/mol. The summed E-state index contributed by atoms with van der Waals surface area (Å²) in [5.74, 6) is 0.0249. The minimum Gasteiger partial charge on any atom is -0.422 e. The Hall–Kier alpha value is -2.42. The number of hydrogen-bond acceptors (Lipinski definition) is 6. The van der Waals surface area contributed by atoms with E-state index in [4.69, 9.17) is 27.9 Å².